The van der Waals surface area contributed by atoms with Crippen molar-refractivity contribution in [2.75, 3.05) is 7.11 Å². The van der Waals surface area contributed by atoms with Gasteiger partial charge in [0.15, 0.2) is 0 Å². The topological polar surface area (TPSA) is 65.9 Å². The average molecular weight is 150 g/mol. The van der Waals surface area contributed by atoms with E-state index in [2.05, 4.69) is 9.72 Å². The van der Waals surface area contributed by atoms with Crippen LogP contribution in [0.15, 0.2) is 12.3 Å². The van der Waals surface area contributed by atoms with E-state index in [4.69, 9.17) is 5.26 Å². The third kappa shape index (κ3) is 1.22. The van der Waals surface area contributed by atoms with Crippen LogP contribution in [0.1, 0.15) is 16.1 Å². The predicted molar refractivity (Wildman–Crippen MR) is 36.8 cm³/mol. The maximum Gasteiger partial charge on any atom is 0.355 e. The molecule has 1 heterocycles. The SMILES string of the molecule is COC(=O)c1[nH]ccc1C#N. The lowest BCUT2D eigenvalue weighted by Crippen LogP contribution is -2.03. The molecule has 1 rings (SSSR count). The Morgan fingerprint density at radius 1 is 1.82 bits per heavy atom. The van der Waals surface area contributed by atoms with Crippen LogP contribution < -0.4 is 0 Å². The van der Waals surface area contributed by atoms with Gasteiger partial charge in [0.2, 0.25) is 0 Å². The zero-order valence-corrected chi connectivity index (χ0v) is 5.92. The van der Waals surface area contributed by atoms with Crippen molar-refractivity contribution < 1.29 is 9.53 Å². The van der Waals surface area contributed by atoms with E-state index in [0.29, 0.717) is 5.56 Å². The molecule has 0 atom stereocenters. The zero-order chi connectivity index (χ0) is 8.27. The number of nitrogens with one attached hydrogen (secondary N) is 1. The highest BCUT2D eigenvalue weighted by atomic mass is 16.5. The fraction of sp³-hybridized carbons (Fsp3) is 0.143. The summed E-state index contributed by atoms with van der Waals surface area (Å²) in [5, 5.41) is 8.47. The number of esters is 1. The van der Waals surface area contributed by atoms with Crippen LogP contribution in [0.4, 0.5) is 0 Å². The van der Waals surface area contributed by atoms with Crippen LogP contribution in [-0.2, 0) is 4.74 Å². The van der Waals surface area contributed by atoms with Crippen molar-refractivity contribution in [3.05, 3.63) is 23.5 Å². The zero-order valence-electron chi connectivity index (χ0n) is 5.92. The quantitative estimate of drug-likeness (QED) is 0.598. The monoisotopic (exact) mass is 150 g/mol. The Balaban J connectivity index is 3.05. The number of hydrogen-bond donors (Lipinski definition) is 1. The van der Waals surface area contributed by atoms with Gasteiger partial charge in [-0.15, -0.1) is 0 Å². The summed E-state index contributed by atoms with van der Waals surface area (Å²) in [6, 6.07) is 3.38. The fourth-order valence-electron chi connectivity index (χ4n) is 0.734. The van der Waals surface area contributed by atoms with E-state index in [-0.39, 0.29) is 5.69 Å². The lowest BCUT2D eigenvalue weighted by Gasteiger charge is -1.93. The summed E-state index contributed by atoms with van der Waals surface area (Å²) in [5.74, 6) is -0.522. The summed E-state index contributed by atoms with van der Waals surface area (Å²) >= 11 is 0. The molecule has 0 saturated heterocycles. The molecule has 0 unspecified atom stereocenters. The third-order valence-electron chi connectivity index (χ3n) is 1.26. The molecule has 0 aliphatic carbocycles. The van der Waals surface area contributed by atoms with E-state index < -0.39 is 5.97 Å². The van der Waals surface area contributed by atoms with Gasteiger partial charge in [0.25, 0.3) is 0 Å². The second-order valence-corrected chi connectivity index (χ2v) is 1.87. The second kappa shape index (κ2) is 2.88. The number of rotatable bonds is 1. The molecular formula is C7H6N2O2. The Labute approximate surface area is 63.4 Å². The van der Waals surface area contributed by atoms with Crippen LogP contribution >= 0.6 is 0 Å². The number of aromatic amines is 1. The lowest BCUT2D eigenvalue weighted by atomic mass is 10.3. The highest BCUT2D eigenvalue weighted by Crippen LogP contribution is 2.05. The molecule has 4 nitrogen and oxygen atoms in total. The maximum atomic E-state index is 10.8. The number of nitrogens with zero attached hydrogens (tertiary/aromatic N) is 1. The molecular weight excluding hydrogens is 144 g/mol. The Morgan fingerprint density at radius 2 is 2.55 bits per heavy atom. The van der Waals surface area contributed by atoms with E-state index in [0.717, 1.165) is 0 Å². The van der Waals surface area contributed by atoms with Gasteiger partial charge in [-0.05, 0) is 6.07 Å². The van der Waals surface area contributed by atoms with E-state index in [9.17, 15) is 4.79 Å². The van der Waals surface area contributed by atoms with Gasteiger partial charge < -0.3 is 9.72 Å². The summed E-state index contributed by atoms with van der Waals surface area (Å²) in [6.45, 7) is 0. The van der Waals surface area contributed by atoms with Crippen molar-refractivity contribution in [3.63, 3.8) is 0 Å². The van der Waals surface area contributed by atoms with E-state index in [1.165, 1.54) is 19.4 Å². The molecule has 0 spiro atoms. The van der Waals surface area contributed by atoms with Gasteiger partial charge in [0.1, 0.15) is 11.8 Å². The van der Waals surface area contributed by atoms with Crippen molar-refractivity contribution in [1.82, 2.24) is 4.98 Å². The fourth-order valence-corrected chi connectivity index (χ4v) is 0.734. The summed E-state index contributed by atoms with van der Waals surface area (Å²) in [6.07, 6.45) is 1.52. The van der Waals surface area contributed by atoms with Crippen LogP contribution in [-0.4, -0.2) is 18.1 Å². The number of methoxy groups -OCH3 is 1. The van der Waals surface area contributed by atoms with Gasteiger partial charge in [-0.1, -0.05) is 0 Å². The lowest BCUT2D eigenvalue weighted by molar-refractivity contribution is 0.0594. The molecule has 1 N–H and O–H groups in total. The number of ether oxygens (including phenoxy) is 1. The number of carbonyl (C=O) groups is 1. The van der Waals surface area contributed by atoms with Crippen molar-refractivity contribution in [1.29, 1.82) is 5.26 Å². The number of carbonyl (C=O) groups excluding carboxylic acids is 1. The minimum Gasteiger partial charge on any atom is -0.464 e. The number of hydrogen-bond acceptors (Lipinski definition) is 3. The van der Waals surface area contributed by atoms with Crippen LogP contribution in [0.3, 0.4) is 0 Å². The van der Waals surface area contributed by atoms with Gasteiger partial charge in [-0.25, -0.2) is 4.79 Å². The summed E-state index contributed by atoms with van der Waals surface area (Å²) in [7, 11) is 1.27. The molecule has 0 aliphatic rings. The van der Waals surface area contributed by atoms with E-state index in [1.807, 2.05) is 6.07 Å². The van der Waals surface area contributed by atoms with Crippen molar-refractivity contribution in [2.45, 2.75) is 0 Å². The number of H-pyrrole nitrogens is 1. The Kier molecular flexibility index (Phi) is 1.93. The van der Waals surface area contributed by atoms with Crippen LogP contribution in [0, 0.1) is 11.3 Å². The molecule has 56 valence electrons. The molecule has 11 heavy (non-hydrogen) atoms. The Morgan fingerprint density at radius 3 is 3.09 bits per heavy atom. The average Bonchev–Trinajstić information content (AvgIpc) is 2.50. The Bertz CT molecular complexity index is 308. The first-order valence-corrected chi connectivity index (χ1v) is 2.95. The first kappa shape index (κ1) is 7.35. The maximum absolute atomic E-state index is 10.8. The normalized spacial score (nSPS) is 8.73. The second-order valence-electron chi connectivity index (χ2n) is 1.87. The smallest absolute Gasteiger partial charge is 0.355 e. The standard InChI is InChI=1S/C7H6N2O2/c1-11-7(10)6-5(4-8)2-3-9-6/h2-3,9H,1H3. The van der Waals surface area contributed by atoms with Gasteiger partial charge >= 0.3 is 5.97 Å². The van der Waals surface area contributed by atoms with E-state index >= 15 is 0 Å². The van der Waals surface area contributed by atoms with Crippen molar-refractivity contribution in [3.8, 4) is 6.07 Å². The third-order valence-corrected chi connectivity index (χ3v) is 1.26. The molecule has 0 radical (unpaired) electrons. The molecule has 0 aromatic carbocycles. The molecule has 0 aliphatic heterocycles. The van der Waals surface area contributed by atoms with Gasteiger partial charge in [0, 0.05) is 6.20 Å². The number of aromatic nitrogens is 1. The molecule has 0 amide bonds. The van der Waals surface area contributed by atoms with Crippen molar-refractivity contribution >= 4 is 5.97 Å². The highest BCUT2D eigenvalue weighted by Gasteiger charge is 2.11. The van der Waals surface area contributed by atoms with Crippen LogP contribution in [0.2, 0.25) is 0 Å². The summed E-state index contributed by atoms with van der Waals surface area (Å²) in [4.78, 5) is 13.5. The van der Waals surface area contributed by atoms with Crippen LogP contribution in [0.5, 0.6) is 0 Å². The Hall–Kier alpha value is -1.76. The summed E-state index contributed by atoms with van der Waals surface area (Å²) in [5.41, 5.74) is 0.506. The van der Waals surface area contributed by atoms with Crippen molar-refractivity contribution in [2.24, 2.45) is 0 Å². The highest BCUT2D eigenvalue weighted by molar-refractivity contribution is 5.90. The molecule has 0 fully saturated rings. The van der Waals surface area contributed by atoms with Gasteiger partial charge in [-0.3, -0.25) is 0 Å². The molecule has 1 aromatic rings. The minimum absolute atomic E-state index is 0.204. The molecule has 0 bridgehead atoms. The summed E-state index contributed by atoms with van der Waals surface area (Å²) < 4.78 is 4.42. The van der Waals surface area contributed by atoms with E-state index in [1.54, 1.807) is 0 Å². The van der Waals surface area contributed by atoms with Gasteiger partial charge in [-0.2, -0.15) is 5.26 Å². The first-order valence-electron chi connectivity index (χ1n) is 2.95. The van der Waals surface area contributed by atoms with Gasteiger partial charge in [0.05, 0.1) is 12.7 Å². The predicted octanol–water partition coefficient (Wildman–Crippen LogP) is 0.673. The largest absolute Gasteiger partial charge is 0.464 e. The van der Waals surface area contributed by atoms with Crippen LogP contribution in [0.25, 0.3) is 0 Å². The minimum atomic E-state index is -0.522. The first-order chi connectivity index (χ1) is 5.29. The molecule has 0 saturated carbocycles. The molecule has 4 heteroatoms. The molecule has 1 aromatic heterocycles. The number of nitriles is 1.